The van der Waals surface area contributed by atoms with Crippen LogP contribution in [-0.2, 0) is 4.74 Å². The van der Waals surface area contributed by atoms with Gasteiger partial charge in [-0.2, -0.15) is 0 Å². The summed E-state index contributed by atoms with van der Waals surface area (Å²) in [7, 11) is 0. The molecule has 1 unspecified atom stereocenters. The van der Waals surface area contributed by atoms with E-state index in [1.54, 1.807) is 0 Å². The van der Waals surface area contributed by atoms with Crippen molar-refractivity contribution in [3.63, 3.8) is 0 Å². The number of nitrogens with two attached hydrogens (primary N) is 1. The van der Waals surface area contributed by atoms with Crippen LogP contribution in [0.2, 0.25) is 0 Å². The standard InChI is InChI=1S/C12H20N2O/c1-3-8-15-9-12(14-13)11-7-5-4-6-10(11)2/h4-7,12,14H,3,8-9,13H2,1-2H3. The molecule has 0 aromatic heterocycles. The third-order valence-corrected chi connectivity index (χ3v) is 2.40. The molecule has 0 fully saturated rings. The molecule has 3 heteroatoms. The summed E-state index contributed by atoms with van der Waals surface area (Å²) in [4.78, 5) is 0. The summed E-state index contributed by atoms with van der Waals surface area (Å²) in [5.74, 6) is 5.53. The first kappa shape index (κ1) is 12.2. The number of hydrogen-bond acceptors (Lipinski definition) is 3. The zero-order valence-corrected chi connectivity index (χ0v) is 9.49. The summed E-state index contributed by atoms with van der Waals surface area (Å²) in [6.45, 7) is 5.58. The first-order chi connectivity index (χ1) is 7.29. The van der Waals surface area contributed by atoms with E-state index in [1.807, 2.05) is 12.1 Å². The number of ether oxygens (including phenoxy) is 1. The smallest absolute Gasteiger partial charge is 0.0696 e. The predicted octanol–water partition coefficient (Wildman–Crippen LogP) is 1.93. The quantitative estimate of drug-likeness (QED) is 0.426. The van der Waals surface area contributed by atoms with Gasteiger partial charge in [-0.1, -0.05) is 31.2 Å². The molecule has 0 amide bonds. The zero-order valence-electron chi connectivity index (χ0n) is 9.49. The largest absolute Gasteiger partial charge is 0.379 e. The van der Waals surface area contributed by atoms with Crippen LogP contribution in [-0.4, -0.2) is 13.2 Å². The lowest BCUT2D eigenvalue weighted by molar-refractivity contribution is 0.112. The van der Waals surface area contributed by atoms with Crippen LogP contribution in [0.4, 0.5) is 0 Å². The van der Waals surface area contributed by atoms with Crippen LogP contribution in [0.15, 0.2) is 24.3 Å². The number of benzene rings is 1. The fourth-order valence-electron chi connectivity index (χ4n) is 1.55. The number of nitrogens with one attached hydrogen (secondary N) is 1. The topological polar surface area (TPSA) is 47.3 Å². The molecule has 0 aliphatic carbocycles. The van der Waals surface area contributed by atoms with Gasteiger partial charge in [0.2, 0.25) is 0 Å². The fourth-order valence-corrected chi connectivity index (χ4v) is 1.55. The number of hydrazine groups is 1. The molecule has 15 heavy (non-hydrogen) atoms. The summed E-state index contributed by atoms with van der Waals surface area (Å²) >= 11 is 0. The highest BCUT2D eigenvalue weighted by atomic mass is 16.5. The summed E-state index contributed by atoms with van der Waals surface area (Å²) in [6.07, 6.45) is 1.03. The third kappa shape index (κ3) is 3.63. The monoisotopic (exact) mass is 208 g/mol. The van der Waals surface area contributed by atoms with Crippen molar-refractivity contribution in [1.29, 1.82) is 0 Å². The van der Waals surface area contributed by atoms with Gasteiger partial charge in [-0.3, -0.25) is 11.3 Å². The molecule has 0 heterocycles. The van der Waals surface area contributed by atoms with Gasteiger partial charge in [0, 0.05) is 6.61 Å². The van der Waals surface area contributed by atoms with Gasteiger partial charge in [0.15, 0.2) is 0 Å². The predicted molar refractivity (Wildman–Crippen MR) is 62.4 cm³/mol. The van der Waals surface area contributed by atoms with Crippen LogP contribution in [0.3, 0.4) is 0 Å². The lowest BCUT2D eigenvalue weighted by Crippen LogP contribution is -2.32. The molecule has 84 valence electrons. The summed E-state index contributed by atoms with van der Waals surface area (Å²) in [6, 6.07) is 8.29. The first-order valence-electron chi connectivity index (χ1n) is 5.39. The Morgan fingerprint density at radius 1 is 1.40 bits per heavy atom. The molecule has 0 aliphatic heterocycles. The average molecular weight is 208 g/mol. The fraction of sp³-hybridized carbons (Fsp3) is 0.500. The van der Waals surface area contributed by atoms with Crippen molar-refractivity contribution in [3.05, 3.63) is 35.4 Å². The molecule has 1 atom stereocenters. The SMILES string of the molecule is CCCOCC(NN)c1ccccc1C. The van der Waals surface area contributed by atoms with Crippen LogP contribution in [0.1, 0.15) is 30.5 Å². The van der Waals surface area contributed by atoms with Gasteiger partial charge in [0.05, 0.1) is 12.6 Å². The molecule has 0 saturated heterocycles. The Kier molecular flexibility index (Phi) is 5.32. The Morgan fingerprint density at radius 2 is 2.13 bits per heavy atom. The molecule has 0 saturated carbocycles. The molecule has 0 bridgehead atoms. The Hall–Kier alpha value is -0.900. The van der Waals surface area contributed by atoms with Gasteiger partial charge < -0.3 is 4.74 Å². The van der Waals surface area contributed by atoms with Crippen LogP contribution in [0.5, 0.6) is 0 Å². The number of hydrogen-bond donors (Lipinski definition) is 2. The van der Waals surface area contributed by atoms with Gasteiger partial charge >= 0.3 is 0 Å². The Morgan fingerprint density at radius 3 is 2.73 bits per heavy atom. The van der Waals surface area contributed by atoms with E-state index in [-0.39, 0.29) is 6.04 Å². The average Bonchev–Trinajstić information content (AvgIpc) is 2.26. The molecule has 3 N–H and O–H groups in total. The first-order valence-corrected chi connectivity index (χ1v) is 5.39. The lowest BCUT2D eigenvalue weighted by Gasteiger charge is -2.18. The van der Waals surface area contributed by atoms with Gasteiger partial charge in [-0.25, -0.2) is 0 Å². The normalized spacial score (nSPS) is 12.7. The number of rotatable bonds is 6. The van der Waals surface area contributed by atoms with Crippen LogP contribution < -0.4 is 11.3 Å². The second kappa shape index (κ2) is 6.56. The molecule has 1 rings (SSSR count). The van der Waals surface area contributed by atoms with Crippen molar-refractivity contribution < 1.29 is 4.74 Å². The van der Waals surface area contributed by atoms with Crippen molar-refractivity contribution in [3.8, 4) is 0 Å². The second-order valence-electron chi connectivity index (χ2n) is 3.65. The molecule has 0 radical (unpaired) electrons. The van der Waals surface area contributed by atoms with Gasteiger partial charge in [0.25, 0.3) is 0 Å². The highest BCUT2D eigenvalue weighted by Crippen LogP contribution is 2.16. The van der Waals surface area contributed by atoms with Crippen LogP contribution in [0.25, 0.3) is 0 Å². The highest BCUT2D eigenvalue weighted by molar-refractivity contribution is 5.28. The molecule has 1 aromatic carbocycles. The molecule has 0 aliphatic rings. The molecule has 0 spiro atoms. The molecule has 1 aromatic rings. The molecular weight excluding hydrogens is 188 g/mol. The van der Waals surface area contributed by atoms with E-state index >= 15 is 0 Å². The summed E-state index contributed by atoms with van der Waals surface area (Å²) in [5, 5.41) is 0. The van der Waals surface area contributed by atoms with E-state index in [2.05, 4.69) is 31.4 Å². The lowest BCUT2D eigenvalue weighted by atomic mass is 10.0. The molecular formula is C12H20N2O. The van der Waals surface area contributed by atoms with Crippen molar-refractivity contribution >= 4 is 0 Å². The Balaban J connectivity index is 2.61. The maximum absolute atomic E-state index is 5.53. The van der Waals surface area contributed by atoms with Crippen LogP contribution in [0, 0.1) is 6.92 Å². The van der Waals surface area contributed by atoms with E-state index < -0.39 is 0 Å². The van der Waals surface area contributed by atoms with Gasteiger partial charge in [0.1, 0.15) is 0 Å². The van der Waals surface area contributed by atoms with Gasteiger partial charge in [-0.05, 0) is 24.5 Å². The van der Waals surface area contributed by atoms with E-state index in [1.165, 1.54) is 11.1 Å². The van der Waals surface area contributed by atoms with E-state index in [0.717, 1.165) is 13.0 Å². The van der Waals surface area contributed by atoms with Crippen LogP contribution >= 0.6 is 0 Å². The van der Waals surface area contributed by atoms with E-state index in [4.69, 9.17) is 10.6 Å². The van der Waals surface area contributed by atoms with E-state index in [9.17, 15) is 0 Å². The summed E-state index contributed by atoms with van der Waals surface area (Å²) in [5.41, 5.74) is 5.23. The van der Waals surface area contributed by atoms with Crippen molar-refractivity contribution in [1.82, 2.24) is 5.43 Å². The Bertz CT molecular complexity index is 289. The minimum Gasteiger partial charge on any atom is -0.379 e. The minimum atomic E-state index is 0.0812. The Labute approximate surface area is 91.6 Å². The van der Waals surface area contributed by atoms with Crippen molar-refractivity contribution in [2.75, 3.05) is 13.2 Å². The minimum absolute atomic E-state index is 0.0812. The maximum atomic E-state index is 5.53. The molecule has 3 nitrogen and oxygen atoms in total. The number of aryl methyl sites for hydroxylation is 1. The highest BCUT2D eigenvalue weighted by Gasteiger charge is 2.11. The van der Waals surface area contributed by atoms with Gasteiger partial charge in [-0.15, -0.1) is 0 Å². The second-order valence-corrected chi connectivity index (χ2v) is 3.65. The maximum Gasteiger partial charge on any atom is 0.0696 e. The summed E-state index contributed by atoms with van der Waals surface area (Å²) < 4.78 is 5.50. The van der Waals surface area contributed by atoms with Crippen molar-refractivity contribution in [2.45, 2.75) is 26.3 Å². The third-order valence-electron chi connectivity index (χ3n) is 2.40. The van der Waals surface area contributed by atoms with E-state index in [0.29, 0.717) is 6.61 Å². The van der Waals surface area contributed by atoms with Crippen molar-refractivity contribution in [2.24, 2.45) is 5.84 Å². The zero-order chi connectivity index (χ0) is 11.1.